The van der Waals surface area contributed by atoms with E-state index in [1.807, 2.05) is 42.8 Å². The van der Waals surface area contributed by atoms with Crippen LogP contribution in [0.3, 0.4) is 0 Å². The predicted octanol–water partition coefficient (Wildman–Crippen LogP) is 1.48. The molecule has 0 unspecified atom stereocenters. The Hall–Kier alpha value is -2.65. The number of guanidine groups is 1. The summed E-state index contributed by atoms with van der Waals surface area (Å²) in [5.74, 6) is 3.42. The second kappa shape index (κ2) is 11.7. The molecule has 170 valence electrons. The van der Waals surface area contributed by atoms with Crippen LogP contribution >= 0.6 is 0 Å². The van der Waals surface area contributed by atoms with Crippen molar-refractivity contribution in [1.29, 1.82) is 0 Å². The van der Waals surface area contributed by atoms with Crippen LogP contribution in [0.2, 0.25) is 0 Å². The lowest BCUT2D eigenvalue weighted by Gasteiger charge is -2.32. The molecule has 1 aliphatic heterocycles. The van der Waals surface area contributed by atoms with Gasteiger partial charge in [0.25, 0.3) is 0 Å². The Morgan fingerprint density at radius 3 is 2.52 bits per heavy atom. The summed E-state index contributed by atoms with van der Waals surface area (Å²) in [7, 11) is 5.40. The number of benzene rings is 1. The zero-order valence-electron chi connectivity index (χ0n) is 19.1. The molecule has 31 heavy (non-hydrogen) atoms. The summed E-state index contributed by atoms with van der Waals surface area (Å²) < 4.78 is 12.4. The van der Waals surface area contributed by atoms with Gasteiger partial charge in [0.05, 0.1) is 26.8 Å². The van der Waals surface area contributed by atoms with Gasteiger partial charge in [0.1, 0.15) is 11.6 Å². The molecular formula is C22H35N7O2. The number of hydrogen-bond acceptors (Lipinski definition) is 6. The minimum Gasteiger partial charge on any atom is -0.497 e. The van der Waals surface area contributed by atoms with Crippen molar-refractivity contribution < 1.29 is 9.47 Å². The van der Waals surface area contributed by atoms with Crippen molar-refractivity contribution in [1.82, 2.24) is 30.3 Å². The minimum atomic E-state index is 0.391. The minimum absolute atomic E-state index is 0.391. The Morgan fingerprint density at radius 2 is 1.90 bits per heavy atom. The number of ether oxygens (including phenoxy) is 2. The molecule has 0 aliphatic carbocycles. The van der Waals surface area contributed by atoms with E-state index in [-0.39, 0.29) is 0 Å². The molecule has 1 aliphatic rings. The second-order valence-corrected chi connectivity index (χ2v) is 7.84. The van der Waals surface area contributed by atoms with Crippen molar-refractivity contribution in [3.05, 3.63) is 41.5 Å². The van der Waals surface area contributed by atoms with Gasteiger partial charge in [-0.25, -0.2) is 4.99 Å². The number of aromatic nitrogens is 3. The third-order valence-electron chi connectivity index (χ3n) is 5.72. The molecular weight excluding hydrogens is 394 g/mol. The molecule has 1 fully saturated rings. The number of likely N-dealkylation sites (tertiary alicyclic amines) is 1. The summed E-state index contributed by atoms with van der Waals surface area (Å²) in [5.41, 5.74) is 1.13. The normalized spacial score (nSPS) is 15.8. The molecule has 2 N–H and O–H groups in total. The smallest absolute Gasteiger partial charge is 0.192 e. The van der Waals surface area contributed by atoms with E-state index in [4.69, 9.17) is 14.5 Å². The van der Waals surface area contributed by atoms with Crippen molar-refractivity contribution in [3.8, 4) is 5.75 Å². The molecule has 0 amide bonds. The lowest BCUT2D eigenvalue weighted by atomic mass is 10.1. The van der Waals surface area contributed by atoms with E-state index in [0.29, 0.717) is 19.1 Å². The zero-order valence-corrected chi connectivity index (χ0v) is 19.1. The maximum Gasteiger partial charge on any atom is 0.192 e. The van der Waals surface area contributed by atoms with Crippen molar-refractivity contribution in [2.75, 3.05) is 40.5 Å². The lowest BCUT2D eigenvalue weighted by molar-refractivity contribution is 0.128. The highest BCUT2D eigenvalue weighted by molar-refractivity contribution is 5.80. The van der Waals surface area contributed by atoms with E-state index in [0.717, 1.165) is 68.0 Å². The fourth-order valence-corrected chi connectivity index (χ4v) is 3.54. The second-order valence-electron chi connectivity index (χ2n) is 7.84. The van der Waals surface area contributed by atoms with Crippen molar-refractivity contribution >= 4 is 5.96 Å². The van der Waals surface area contributed by atoms with Gasteiger partial charge in [-0.15, -0.1) is 10.2 Å². The van der Waals surface area contributed by atoms with Crippen LogP contribution in [0.25, 0.3) is 0 Å². The van der Waals surface area contributed by atoms with Crippen LogP contribution in [0, 0.1) is 6.92 Å². The highest BCUT2D eigenvalue weighted by Gasteiger charge is 2.20. The summed E-state index contributed by atoms with van der Waals surface area (Å²) in [5, 5.41) is 15.4. The Kier molecular flexibility index (Phi) is 8.66. The highest BCUT2D eigenvalue weighted by atomic mass is 16.5. The molecule has 0 spiro atoms. The van der Waals surface area contributed by atoms with E-state index in [2.05, 4.69) is 25.7 Å². The van der Waals surface area contributed by atoms with Crippen molar-refractivity contribution in [3.63, 3.8) is 0 Å². The molecule has 1 aromatic carbocycles. The standard InChI is InChI=1S/C22H35N7O2/c1-17-26-27-21(28(17)2)16-24-22(23-15-18-5-7-20(31-4)8-6-18)25-19-9-11-29(12-10-19)13-14-30-3/h5-8,19H,9-16H2,1-4H3,(H2,23,24,25). The fraction of sp³-hybridized carbons (Fsp3) is 0.591. The Balaban J connectivity index is 1.61. The van der Waals surface area contributed by atoms with E-state index in [1.54, 1.807) is 14.2 Å². The maximum absolute atomic E-state index is 5.24. The first-order chi connectivity index (χ1) is 15.1. The molecule has 2 heterocycles. The van der Waals surface area contributed by atoms with Gasteiger partial charge < -0.3 is 29.6 Å². The molecule has 0 bridgehead atoms. The van der Waals surface area contributed by atoms with Gasteiger partial charge in [0.15, 0.2) is 11.8 Å². The Labute approximate surface area is 184 Å². The first kappa shape index (κ1) is 23.0. The summed E-state index contributed by atoms with van der Waals surface area (Å²) in [6.45, 7) is 7.01. The number of methoxy groups -OCH3 is 2. The molecule has 9 nitrogen and oxygen atoms in total. The van der Waals surface area contributed by atoms with Gasteiger partial charge in [0.2, 0.25) is 0 Å². The predicted molar refractivity (Wildman–Crippen MR) is 121 cm³/mol. The lowest BCUT2D eigenvalue weighted by Crippen LogP contribution is -2.49. The number of rotatable bonds is 9. The molecule has 0 atom stereocenters. The van der Waals surface area contributed by atoms with E-state index in [9.17, 15) is 0 Å². The number of hydrogen-bond donors (Lipinski definition) is 2. The monoisotopic (exact) mass is 429 g/mol. The van der Waals surface area contributed by atoms with Crippen molar-refractivity contribution in [2.45, 2.75) is 38.9 Å². The Morgan fingerprint density at radius 1 is 1.16 bits per heavy atom. The molecule has 1 aromatic heterocycles. The molecule has 3 rings (SSSR count). The number of aliphatic imine (C=N–C) groups is 1. The summed E-state index contributed by atoms with van der Waals surface area (Å²) in [6.07, 6.45) is 2.16. The Bertz CT molecular complexity index is 827. The first-order valence-electron chi connectivity index (χ1n) is 10.8. The van der Waals surface area contributed by atoms with Gasteiger partial charge in [-0.2, -0.15) is 0 Å². The summed E-state index contributed by atoms with van der Waals surface area (Å²) >= 11 is 0. The van der Waals surface area contributed by atoms with Gasteiger partial charge in [-0.1, -0.05) is 12.1 Å². The number of nitrogens with one attached hydrogen (secondary N) is 2. The molecule has 1 saturated heterocycles. The van der Waals surface area contributed by atoms with E-state index < -0.39 is 0 Å². The highest BCUT2D eigenvalue weighted by Crippen LogP contribution is 2.13. The molecule has 2 aromatic rings. The molecule has 0 radical (unpaired) electrons. The third kappa shape index (κ3) is 6.93. The van der Waals surface area contributed by atoms with Gasteiger partial charge in [-0.3, -0.25) is 0 Å². The van der Waals surface area contributed by atoms with Crippen LogP contribution in [0.1, 0.15) is 30.1 Å². The van der Waals surface area contributed by atoms with Gasteiger partial charge in [0, 0.05) is 39.8 Å². The quantitative estimate of drug-likeness (QED) is 0.461. The fourth-order valence-electron chi connectivity index (χ4n) is 3.54. The summed E-state index contributed by atoms with van der Waals surface area (Å²) in [4.78, 5) is 7.28. The average molecular weight is 430 g/mol. The van der Waals surface area contributed by atoms with E-state index in [1.165, 1.54) is 0 Å². The van der Waals surface area contributed by atoms with Crippen LogP contribution in [-0.4, -0.2) is 72.1 Å². The van der Waals surface area contributed by atoms with Crippen LogP contribution in [0.15, 0.2) is 29.3 Å². The molecule has 9 heteroatoms. The van der Waals surface area contributed by atoms with Crippen LogP contribution < -0.4 is 15.4 Å². The first-order valence-corrected chi connectivity index (χ1v) is 10.8. The number of piperidine rings is 1. The maximum atomic E-state index is 5.24. The SMILES string of the molecule is COCCN1CCC(NC(=NCc2ccc(OC)cc2)NCc2nnc(C)n2C)CC1. The third-order valence-corrected chi connectivity index (χ3v) is 5.72. The van der Waals surface area contributed by atoms with E-state index >= 15 is 0 Å². The average Bonchev–Trinajstić information content (AvgIpc) is 3.13. The van der Waals surface area contributed by atoms with Crippen LogP contribution in [-0.2, 0) is 24.9 Å². The topological polar surface area (TPSA) is 88.8 Å². The van der Waals surface area contributed by atoms with Crippen molar-refractivity contribution in [2.24, 2.45) is 12.0 Å². The number of nitrogens with zero attached hydrogens (tertiary/aromatic N) is 5. The molecule has 0 saturated carbocycles. The van der Waals surface area contributed by atoms with Crippen LogP contribution in [0.5, 0.6) is 5.75 Å². The van der Waals surface area contributed by atoms with Crippen LogP contribution in [0.4, 0.5) is 0 Å². The van der Waals surface area contributed by atoms with Gasteiger partial charge in [-0.05, 0) is 37.5 Å². The summed E-state index contributed by atoms with van der Waals surface area (Å²) in [6, 6.07) is 8.40. The zero-order chi connectivity index (χ0) is 22.1. The number of aryl methyl sites for hydroxylation is 1. The largest absolute Gasteiger partial charge is 0.497 e. The van der Waals surface area contributed by atoms with Gasteiger partial charge >= 0.3 is 0 Å².